The van der Waals surface area contributed by atoms with E-state index < -0.39 is 10.0 Å². The summed E-state index contributed by atoms with van der Waals surface area (Å²) >= 11 is 5.90. The molecule has 0 aliphatic carbocycles. The maximum absolute atomic E-state index is 12.7. The van der Waals surface area contributed by atoms with Gasteiger partial charge in [0.25, 0.3) is 10.0 Å². The molecule has 0 amide bonds. The third kappa shape index (κ3) is 2.43. The molecule has 0 atom stereocenters. The van der Waals surface area contributed by atoms with E-state index in [2.05, 4.69) is 0 Å². The van der Waals surface area contributed by atoms with Gasteiger partial charge in [-0.2, -0.15) is 0 Å². The number of sulfonamides is 1. The molecule has 0 aromatic heterocycles. The molecule has 0 spiro atoms. The average molecular weight is 322 g/mol. The maximum atomic E-state index is 12.7. The van der Waals surface area contributed by atoms with Crippen LogP contribution >= 0.6 is 11.6 Å². The summed E-state index contributed by atoms with van der Waals surface area (Å²) in [6.45, 7) is 0.144. The van der Waals surface area contributed by atoms with Crippen LogP contribution in [0.2, 0.25) is 5.02 Å². The minimum Gasteiger partial charge on any atom is -0.294 e. The Kier molecular flexibility index (Phi) is 3.47. The molecule has 108 valence electrons. The van der Waals surface area contributed by atoms with Gasteiger partial charge in [-0.3, -0.25) is 9.10 Å². The van der Waals surface area contributed by atoms with Gasteiger partial charge in [-0.25, -0.2) is 8.42 Å². The number of anilines is 1. The first-order chi connectivity index (χ1) is 10.00. The first kappa shape index (κ1) is 14.1. The highest BCUT2D eigenvalue weighted by molar-refractivity contribution is 7.92. The molecular weight excluding hydrogens is 310 g/mol. The lowest BCUT2D eigenvalue weighted by Gasteiger charge is -2.29. The third-order valence-electron chi connectivity index (χ3n) is 3.40. The number of Topliss-reactive ketones (excluding diaryl/α,β-unsaturated/α-hetero) is 1. The predicted octanol–water partition coefficient (Wildman–Crippen LogP) is 3.12. The van der Waals surface area contributed by atoms with Crippen LogP contribution in [0.4, 0.5) is 5.69 Å². The Bertz CT molecular complexity index is 803. The van der Waals surface area contributed by atoms with Crippen molar-refractivity contribution in [1.82, 2.24) is 0 Å². The number of halogens is 1. The summed E-state index contributed by atoms with van der Waals surface area (Å²) in [6.07, 6.45) is 0.152. The molecule has 3 rings (SSSR count). The lowest BCUT2D eigenvalue weighted by atomic mass is 10.0. The zero-order chi connectivity index (χ0) is 15.0. The van der Waals surface area contributed by atoms with Gasteiger partial charge in [0.1, 0.15) is 0 Å². The summed E-state index contributed by atoms with van der Waals surface area (Å²) in [6, 6.07) is 12.9. The largest absolute Gasteiger partial charge is 0.294 e. The minimum absolute atomic E-state index is 0.0907. The Balaban J connectivity index is 2.14. The highest BCUT2D eigenvalue weighted by atomic mass is 35.5. The first-order valence-corrected chi connectivity index (χ1v) is 8.22. The normalized spacial score (nSPS) is 14.9. The van der Waals surface area contributed by atoms with Crippen LogP contribution in [0.3, 0.4) is 0 Å². The zero-order valence-electron chi connectivity index (χ0n) is 11.0. The first-order valence-electron chi connectivity index (χ1n) is 6.41. The molecular formula is C15H12ClNO3S. The second-order valence-electron chi connectivity index (χ2n) is 4.72. The van der Waals surface area contributed by atoms with Gasteiger partial charge in [0, 0.05) is 23.6 Å². The molecule has 6 heteroatoms. The van der Waals surface area contributed by atoms with Gasteiger partial charge < -0.3 is 0 Å². The van der Waals surface area contributed by atoms with Crippen LogP contribution in [0.1, 0.15) is 16.8 Å². The van der Waals surface area contributed by atoms with E-state index in [1.165, 1.54) is 10.4 Å². The van der Waals surface area contributed by atoms with E-state index in [4.69, 9.17) is 11.6 Å². The summed E-state index contributed by atoms with van der Waals surface area (Å²) in [5.41, 5.74) is 0.743. The van der Waals surface area contributed by atoms with Crippen LogP contribution in [0.25, 0.3) is 0 Å². The third-order valence-corrected chi connectivity index (χ3v) is 5.46. The van der Waals surface area contributed by atoms with Gasteiger partial charge in [0.15, 0.2) is 5.78 Å². The van der Waals surface area contributed by atoms with Crippen molar-refractivity contribution >= 4 is 33.1 Å². The molecule has 1 aliphatic heterocycles. The summed E-state index contributed by atoms with van der Waals surface area (Å²) < 4.78 is 26.7. The molecule has 21 heavy (non-hydrogen) atoms. The number of hydrogen-bond acceptors (Lipinski definition) is 3. The Morgan fingerprint density at radius 1 is 1.05 bits per heavy atom. The van der Waals surface area contributed by atoms with Crippen molar-refractivity contribution in [2.24, 2.45) is 0 Å². The average Bonchev–Trinajstić information content (AvgIpc) is 2.49. The highest BCUT2D eigenvalue weighted by Gasteiger charge is 2.32. The van der Waals surface area contributed by atoms with Crippen molar-refractivity contribution in [3.63, 3.8) is 0 Å². The Morgan fingerprint density at radius 3 is 2.48 bits per heavy atom. The van der Waals surface area contributed by atoms with E-state index in [-0.39, 0.29) is 23.6 Å². The van der Waals surface area contributed by atoms with E-state index in [0.717, 1.165) is 0 Å². The maximum Gasteiger partial charge on any atom is 0.264 e. The van der Waals surface area contributed by atoms with E-state index in [9.17, 15) is 13.2 Å². The fourth-order valence-corrected chi connectivity index (χ4v) is 4.05. The Labute approximate surface area is 128 Å². The summed E-state index contributed by atoms with van der Waals surface area (Å²) in [5, 5.41) is 0.418. The molecule has 0 saturated heterocycles. The van der Waals surface area contributed by atoms with E-state index >= 15 is 0 Å². The van der Waals surface area contributed by atoms with Crippen LogP contribution in [-0.4, -0.2) is 20.7 Å². The number of fused-ring (bicyclic) bond motifs is 1. The van der Waals surface area contributed by atoms with Crippen molar-refractivity contribution in [2.45, 2.75) is 11.3 Å². The molecule has 0 fully saturated rings. The van der Waals surface area contributed by atoms with Crippen molar-refractivity contribution in [3.05, 3.63) is 59.1 Å². The van der Waals surface area contributed by atoms with Gasteiger partial charge in [-0.1, -0.05) is 29.8 Å². The number of ketones is 1. The van der Waals surface area contributed by atoms with Crippen LogP contribution < -0.4 is 4.31 Å². The minimum atomic E-state index is -3.67. The van der Waals surface area contributed by atoms with Crippen molar-refractivity contribution in [1.29, 1.82) is 0 Å². The van der Waals surface area contributed by atoms with E-state index in [1.54, 1.807) is 42.5 Å². The Hall–Kier alpha value is -1.85. The predicted molar refractivity (Wildman–Crippen MR) is 81.4 cm³/mol. The number of carbonyl (C=O) groups is 1. The summed E-state index contributed by atoms with van der Waals surface area (Å²) in [7, 11) is -3.67. The van der Waals surface area contributed by atoms with E-state index in [0.29, 0.717) is 16.3 Å². The monoisotopic (exact) mass is 321 g/mol. The molecule has 1 aliphatic rings. The fraction of sp³-hybridized carbons (Fsp3) is 0.133. The lowest BCUT2D eigenvalue weighted by Crippen LogP contribution is -2.37. The Morgan fingerprint density at radius 2 is 1.76 bits per heavy atom. The van der Waals surface area contributed by atoms with Crippen molar-refractivity contribution < 1.29 is 13.2 Å². The van der Waals surface area contributed by atoms with Crippen LogP contribution in [-0.2, 0) is 10.0 Å². The number of carbonyl (C=O) groups excluding carboxylic acids is 1. The second-order valence-corrected chi connectivity index (χ2v) is 7.02. The fourth-order valence-electron chi connectivity index (χ4n) is 2.38. The number of nitrogens with zero attached hydrogens (tertiary/aromatic N) is 1. The summed E-state index contributed by atoms with van der Waals surface area (Å²) in [4.78, 5) is 12.2. The molecule has 0 saturated carbocycles. The molecule has 2 aromatic rings. The lowest BCUT2D eigenvalue weighted by molar-refractivity contribution is 0.0982. The van der Waals surface area contributed by atoms with Crippen molar-refractivity contribution in [3.8, 4) is 0 Å². The number of hydrogen-bond donors (Lipinski definition) is 0. The van der Waals surface area contributed by atoms with Gasteiger partial charge >= 0.3 is 0 Å². The quantitative estimate of drug-likeness (QED) is 0.854. The summed E-state index contributed by atoms with van der Waals surface area (Å²) in [5.74, 6) is -0.0907. The van der Waals surface area contributed by atoms with Gasteiger partial charge in [0.05, 0.1) is 10.6 Å². The zero-order valence-corrected chi connectivity index (χ0v) is 12.6. The van der Waals surface area contributed by atoms with Gasteiger partial charge in [-0.05, 0) is 30.3 Å². The standard InChI is InChI=1S/C15H12ClNO3S/c16-11-6-7-14-13(10-11)15(18)8-9-17(14)21(19,20)12-4-2-1-3-5-12/h1-7,10H,8-9H2. The van der Waals surface area contributed by atoms with Crippen molar-refractivity contribution in [2.75, 3.05) is 10.8 Å². The van der Waals surface area contributed by atoms with Gasteiger partial charge in [0.2, 0.25) is 0 Å². The smallest absolute Gasteiger partial charge is 0.264 e. The SMILES string of the molecule is O=C1CCN(S(=O)(=O)c2ccccc2)c2ccc(Cl)cc21. The topological polar surface area (TPSA) is 54.5 Å². The molecule has 0 radical (unpaired) electrons. The van der Waals surface area contributed by atoms with Crippen LogP contribution in [0.15, 0.2) is 53.4 Å². The molecule has 0 N–H and O–H groups in total. The molecule has 0 bridgehead atoms. The second kappa shape index (κ2) is 5.16. The molecule has 4 nitrogen and oxygen atoms in total. The molecule has 2 aromatic carbocycles. The van der Waals surface area contributed by atoms with Gasteiger partial charge in [-0.15, -0.1) is 0 Å². The highest BCUT2D eigenvalue weighted by Crippen LogP contribution is 2.33. The number of benzene rings is 2. The molecule has 1 heterocycles. The molecule has 0 unspecified atom stereocenters. The van der Waals surface area contributed by atoms with E-state index in [1.807, 2.05) is 0 Å². The number of rotatable bonds is 2. The van der Waals surface area contributed by atoms with Crippen LogP contribution in [0.5, 0.6) is 0 Å². The van der Waals surface area contributed by atoms with Crippen LogP contribution in [0, 0.1) is 0 Å².